The highest BCUT2D eigenvalue weighted by atomic mass is 79.9. The molecule has 1 amide bonds. The van der Waals surface area contributed by atoms with E-state index in [4.69, 9.17) is 4.74 Å². The Bertz CT molecular complexity index is 760. The van der Waals surface area contributed by atoms with Crippen molar-refractivity contribution in [1.82, 2.24) is 0 Å². The number of amides is 1. The van der Waals surface area contributed by atoms with E-state index in [9.17, 15) is 9.59 Å². The Hall–Kier alpha value is -2.14. The number of benzene rings is 2. The van der Waals surface area contributed by atoms with Crippen LogP contribution in [-0.2, 0) is 11.2 Å². The van der Waals surface area contributed by atoms with E-state index in [0.29, 0.717) is 11.3 Å². The Balaban J connectivity index is 1.74. The average Bonchev–Trinajstić information content (AvgIpc) is 2.89. The summed E-state index contributed by atoms with van der Waals surface area (Å²) in [4.78, 5) is 25.4. The topological polar surface area (TPSA) is 46.6 Å². The second kappa shape index (κ2) is 6.54. The first kappa shape index (κ1) is 15.7. The molecule has 118 valence electrons. The van der Waals surface area contributed by atoms with Gasteiger partial charge in [-0.1, -0.05) is 34.1 Å². The zero-order valence-electron chi connectivity index (χ0n) is 12.7. The van der Waals surface area contributed by atoms with E-state index in [0.717, 1.165) is 22.9 Å². The predicted molar refractivity (Wildman–Crippen MR) is 92.1 cm³/mol. The van der Waals surface area contributed by atoms with Crippen molar-refractivity contribution in [3.63, 3.8) is 0 Å². The number of carbonyl (C=O) groups excluding carboxylic acids is 2. The Kier molecular flexibility index (Phi) is 4.48. The van der Waals surface area contributed by atoms with E-state index in [2.05, 4.69) is 15.9 Å². The predicted octanol–water partition coefficient (Wildman–Crippen LogP) is 3.62. The molecular weight excluding hydrogens is 358 g/mol. The van der Waals surface area contributed by atoms with Gasteiger partial charge in [0.05, 0.1) is 5.56 Å². The van der Waals surface area contributed by atoms with E-state index in [-0.39, 0.29) is 18.6 Å². The van der Waals surface area contributed by atoms with Gasteiger partial charge >= 0.3 is 0 Å². The van der Waals surface area contributed by atoms with Gasteiger partial charge < -0.3 is 9.64 Å². The van der Waals surface area contributed by atoms with E-state index in [1.54, 1.807) is 23.1 Å². The summed E-state index contributed by atoms with van der Waals surface area (Å²) in [5, 5.41) is 0. The van der Waals surface area contributed by atoms with Crippen molar-refractivity contribution in [2.24, 2.45) is 0 Å². The second-order valence-electron chi connectivity index (χ2n) is 5.53. The maximum Gasteiger partial charge on any atom is 0.265 e. The van der Waals surface area contributed by atoms with Crippen LogP contribution in [0.5, 0.6) is 5.75 Å². The molecule has 0 fully saturated rings. The minimum absolute atomic E-state index is 0.0961. The monoisotopic (exact) mass is 373 g/mol. The Morgan fingerprint density at radius 2 is 2.13 bits per heavy atom. The van der Waals surface area contributed by atoms with Crippen LogP contribution in [0.4, 0.5) is 5.69 Å². The van der Waals surface area contributed by atoms with E-state index >= 15 is 0 Å². The molecule has 0 saturated carbocycles. The fraction of sp³-hybridized carbons (Fsp3) is 0.222. The van der Waals surface area contributed by atoms with Gasteiger partial charge in [0.1, 0.15) is 5.75 Å². The molecule has 0 unspecified atom stereocenters. The van der Waals surface area contributed by atoms with Crippen molar-refractivity contribution in [3.05, 3.63) is 58.1 Å². The number of halogens is 1. The van der Waals surface area contributed by atoms with Gasteiger partial charge in [-0.3, -0.25) is 9.59 Å². The summed E-state index contributed by atoms with van der Waals surface area (Å²) in [5.74, 6) is 0.305. The molecule has 23 heavy (non-hydrogen) atoms. The summed E-state index contributed by atoms with van der Waals surface area (Å²) in [6.45, 7) is 1.93. The summed E-state index contributed by atoms with van der Waals surface area (Å²) >= 11 is 3.31. The van der Waals surface area contributed by atoms with Gasteiger partial charge in [-0.15, -0.1) is 0 Å². The van der Waals surface area contributed by atoms with Gasteiger partial charge in [0.25, 0.3) is 5.91 Å². The van der Waals surface area contributed by atoms with Crippen LogP contribution in [0.3, 0.4) is 0 Å². The molecule has 2 aromatic carbocycles. The molecule has 1 heterocycles. The molecule has 3 rings (SSSR count). The molecule has 0 saturated heterocycles. The summed E-state index contributed by atoms with van der Waals surface area (Å²) in [5.41, 5.74) is 2.53. The summed E-state index contributed by atoms with van der Waals surface area (Å²) in [6.07, 6.45) is 1.57. The number of rotatable bonds is 4. The van der Waals surface area contributed by atoms with Crippen LogP contribution in [0.25, 0.3) is 0 Å². The van der Waals surface area contributed by atoms with Crippen LogP contribution in [0.1, 0.15) is 22.8 Å². The molecule has 2 aromatic rings. The largest absolute Gasteiger partial charge is 0.483 e. The van der Waals surface area contributed by atoms with Crippen molar-refractivity contribution in [1.29, 1.82) is 0 Å². The van der Waals surface area contributed by atoms with Gasteiger partial charge in [-0.2, -0.15) is 0 Å². The SMILES string of the molecule is C[C@H]1Cc2ccccc2N1C(=O)COc1ccc(Br)cc1C=O. The number of anilines is 1. The van der Waals surface area contributed by atoms with Gasteiger partial charge in [0.15, 0.2) is 12.9 Å². The number of ether oxygens (including phenoxy) is 1. The molecule has 4 nitrogen and oxygen atoms in total. The molecule has 0 spiro atoms. The Morgan fingerprint density at radius 1 is 1.35 bits per heavy atom. The fourth-order valence-electron chi connectivity index (χ4n) is 2.90. The molecule has 1 aliphatic rings. The number of para-hydroxylation sites is 1. The number of fused-ring (bicyclic) bond motifs is 1. The van der Waals surface area contributed by atoms with Crippen LogP contribution in [-0.4, -0.2) is 24.8 Å². The van der Waals surface area contributed by atoms with Crippen molar-refractivity contribution < 1.29 is 14.3 Å². The van der Waals surface area contributed by atoms with Crippen molar-refractivity contribution in [2.45, 2.75) is 19.4 Å². The minimum atomic E-state index is -0.109. The van der Waals surface area contributed by atoms with Crippen LogP contribution in [0.2, 0.25) is 0 Å². The molecular formula is C18H16BrNO3. The Morgan fingerprint density at radius 3 is 2.91 bits per heavy atom. The highest BCUT2D eigenvalue weighted by Crippen LogP contribution is 2.32. The second-order valence-corrected chi connectivity index (χ2v) is 6.45. The van der Waals surface area contributed by atoms with Gasteiger partial charge in [-0.25, -0.2) is 0 Å². The zero-order valence-corrected chi connectivity index (χ0v) is 14.2. The third-order valence-electron chi connectivity index (χ3n) is 3.93. The standard InChI is InChI=1S/C18H16BrNO3/c1-12-8-13-4-2-3-5-16(13)20(12)18(22)11-23-17-7-6-15(19)9-14(17)10-21/h2-7,9-10,12H,8,11H2,1H3/t12-/m0/s1. The molecule has 0 aliphatic carbocycles. The lowest BCUT2D eigenvalue weighted by Crippen LogP contribution is -2.39. The van der Waals surface area contributed by atoms with Crippen molar-refractivity contribution >= 4 is 33.8 Å². The maximum absolute atomic E-state index is 12.6. The smallest absolute Gasteiger partial charge is 0.265 e. The van der Waals surface area contributed by atoms with E-state index in [1.807, 2.05) is 31.2 Å². The van der Waals surface area contributed by atoms with E-state index < -0.39 is 0 Å². The molecule has 1 aliphatic heterocycles. The molecule has 0 aromatic heterocycles. The van der Waals surface area contributed by atoms with Crippen LogP contribution in [0.15, 0.2) is 46.9 Å². The molecule has 5 heteroatoms. The van der Waals surface area contributed by atoms with Gasteiger partial charge in [0, 0.05) is 16.2 Å². The molecule has 0 N–H and O–H groups in total. The van der Waals surface area contributed by atoms with Crippen molar-refractivity contribution in [2.75, 3.05) is 11.5 Å². The van der Waals surface area contributed by atoms with Crippen LogP contribution in [0, 0.1) is 0 Å². The first-order chi connectivity index (χ1) is 11.1. The first-order valence-corrected chi connectivity index (χ1v) is 8.17. The minimum Gasteiger partial charge on any atom is -0.483 e. The average molecular weight is 374 g/mol. The summed E-state index contributed by atoms with van der Waals surface area (Å²) < 4.78 is 6.37. The number of hydrogen-bond donors (Lipinski definition) is 0. The zero-order chi connectivity index (χ0) is 16.4. The lowest BCUT2D eigenvalue weighted by Gasteiger charge is -2.23. The number of nitrogens with zero attached hydrogens (tertiary/aromatic N) is 1. The third kappa shape index (κ3) is 3.15. The summed E-state index contributed by atoms with van der Waals surface area (Å²) in [7, 11) is 0. The maximum atomic E-state index is 12.6. The Labute approximate surface area is 143 Å². The van der Waals surface area contributed by atoms with Crippen LogP contribution < -0.4 is 9.64 Å². The first-order valence-electron chi connectivity index (χ1n) is 7.37. The van der Waals surface area contributed by atoms with Gasteiger partial charge in [-0.05, 0) is 43.2 Å². The normalized spacial score (nSPS) is 16.1. The molecule has 0 bridgehead atoms. The van der Waals surface area contributed by atoms with Crippen LogP contribution >= 0.6 is 15.9 Å². The fourth-order valence-corrected chi connectivity index (χ4v) is 3.28. The molecule has 1 atom stereocenters. The highest BCUT2D eigenvalue weighted by Gasteiger charge is 2.30. The van der Waals surface area contributed by atoms with Crippen molar-refractivity contribution in [3.8, 4) is 5.75 Å². The van der Waals surface area contributed by atoms with Gasteiger partial charge in [0.2, 0.25) is 0 Å². The van der Waals surface area contributed by atoms with E-state index in [1.165, 1.54) is 5.56 Å². The number of aldehydes is 1. The quantitative estimate of drug-likeness (QED) is 0.768. The number of hydrogen-bond acceptors (Lipinski definition) is 3. The lowest BCUT2D eigenvalue weighted by atomic mass is 10.1. The molecule has 0 radical (unpaired) electrons. The highest BCUT2D eigenvalue weighted by molar-refractivity contribution is 9.10. The number of carbonyl (C=O) groups is 2. The third-order valence-corrected chi connectivity index (χ3v) is 4.42. The summed E-state index contributed by atoms with van der Waals surface area (Å²) in [6, 6.07) is 13.1. The lowest BCUT2D eigenvalue weighted by molar-refractivity contribution is -0.120.